The first-order valence-electron chi connectivity index (χ1n) is 3.99. The first-order chi connectivity index (χ1) is 6.43. The smallest absolute Gasteiger partial charge is 0.0922 e. The van der Waals surface area contributed by atoms with E-state index in [-0.39, 0.29) is 0 Å². The minimum Gasteiger partial charge on any atom is -0.375 e. The van der Waals surface area contributed by atoms with Gasteiger partial charge in [-0.1, -0.05) is 5.11 Å². The molecular formula is C7H11N5O. The summed E-state index contributed by atoms with van der Waals surface area (Å²) in [5.41, 5.74) is 8.93. The van der Waals surface area contributed by atoms with Crippen LogP contribution in [0.2, 0.25) is 0 Å². The molecule has 1 rings (SSSR count). The Morgan fingerprint density at radius 1 is 1.69 bits per heavy atom. The fraction of sp³-hybridized carbons (Fsp3) is 0.571. The zero-order chi connectivity index (χ0) is 9.36. The van der Waals surface area contributed by atoms with Crippen LogP contribution in [0.1, 0.15) is 12.1 Å². The van der Waals surface area contributed by atoms with Gasteiger partial charge in [-0.15, -0.1) is 0 Å². The summed E-state index contributed by atoms with van der Waals surface area (Å²) in [4.78, 5) is 9.41. The third-order valence-corrected chi connectivity index (χ3v) is 1.42. The van der Waals surface area contributed by atoms with Crippen molar-refractivity contribution in [1.82, 2.24) is 9.97 Å². The molecule has 0 radical (unpaired) electrons. The van der Waals surface area contributed by atoms with E-state index in [2.05, 4.69) is 20.0 Å². The summed E-state index contributed by atoms with van der Waals surface area (Å²) in [7, 11) is 0. The summed E-state index contributed by atoms with van der Waals surface area (Å²) >= 11 is 0. The normalized spacial score (nSPS) is 9.54. The molecule has 0 amide bonds. The molecule has 6 heteroatoms. The monoisotopic (exact) mass is 181 g/mol. The third kappa shape index (κ3) is 4.15. The fourth-order valence-corrected chi connectivity index (χ4v) is 0.828. The summed E-state index contributed by atoms with van der Waals surface area (Å²) in [5, 5.41) is 3.39. The number of hydrogen-bond donors (Lipinski definition) is 1. The predicted molar refractivity (Wildman–Crippen MR) is 46.9 cm³/mol. The number of azide groups is 1. The second-order valence-corrected chi connectivity index (χ2v) is 2.44. The fourth-order valence-electron chi connectivity index (χ4n) is 0.828. The minimum atomic E-state index is 0.486. The Morgan fingerprint density at radius 3 is 3.31 bits per heavy atom. The van der Waals surface area contributed by atoms with Crippen molar-refractivity contribution in [3.8, 4) is 0 Å². The summed E-state index contributed by atoms with van der Waals surface area (Å²) in [6, 6.07) is 0. The lowest BCUT2D eigenvalue weighted by Crippen LogP contribution is -1.96. The van der Waals surface area contributed by atoms with E-state index in [4.69, 9.17) is 10.3 Å². The number of aromatic amines is 1. The molecule has 0 aliphatic rings. The third-order valence-electron chi connectivity index (χ3n) is 1.42. The van der Waals surface area contributed by atoms with E-state index in [9.17, 15) is 0 Å². The van der Waals surface area contributed by atoms with Gasteiger partial charge in [0, 0.05) is 18.1 Å². The van der Waals surface area contributed by atoms with Crippen LogP contribution in [0.3, 0.4) is 0 Å². The number of nitrogens with one attached hydrogen (secondary N) is 1. The molecule has 0 aromatic carbocycles. The molecule has 0 atom stereocenters. The molecule has 13 heavy (non-hydrogen) atoms. The van der Waals surface area contributed by atoms with Crippen LogP contribution < -0.4 is 0 Å². The van der Waals surface area contributed by atoms with Gasteiger partial charge >= 0.3 is 0 Å². The van der Waals surface area contributed by atoms with E-state index < -0.39 is 0 Å². The number of imidazole rings is 1. The Hall–Kier alpha value is -1.52. The number of H-pyrrole nitrogens is 1. The number of aromatic nitrogens is 2. The van der Waals surface area contributed by atoms with Crippen LogP contribution in [-0.4, -0.2) is 23.1 Å². The number of nitrogens with zero attached hydrogens (tertiary/aromatic N) is 4. The Morgan fingerprint density at radius 2 is 2.62 bits per heavy atom. The lowest BCUT2D eigenvalue weighted by atomic mass is 10.4. The van der Waals surface area contributed by atoms with E-state index in [1.165, 1.54) is 0 Å². The van der Waals surface area contributed by atoms with Gasteiger partial charge in [-0.2, -0.15) is 0 Å². The van der Waals surface area contributed by atoms with Crippen molar-refractivity contribution in [2.24, 2.45) is 5.11 Å². The van der Waals surface area contributed by atoms with E-state index in [0.29, 0.717) is 19.8 Å². The van der Waals surface area contributed by atoms with Gasteiger partial charge in [0.05, 0.1) is 24.8 Å². The van der Waals surface area contributed by atoms with Crippen LogP contribution >= 0.6 is 0 Å². The molecule has 0 unspecified atom stereocenters. The summed E-state index contributed by atoms with van der Waals surface area (Å²) in [6.45, 7) is 1.60. The predicted octanol–water partition coefficient (Wildman–Crippen LogP) is 1.63. The van der Waals surface area contributed by atoms with Gasteiger partial charge in [-0.05, 0) is 12.0 Å². The van der Waals surface area contributed by atoms with Crippen LogP contribution in [0, 0.1) is 0 Å². The molecule has 1 N–H and O–H groups in total. The number of rotatable bonds is 6. The summed E-state index contributed by atoms with van der Waals surface area (Å²) in [6.07, 6.45) is 4.07. The maximum Gasteiger partial charge on any atom is 0.0922 e. The molecule has 0 bridgehead atoms. The SMILES string of the molecule is [N-]=[N+]=NCCCOCc1cnc[nH]1. The van der Waals surface area contributed by atoms with Gasteiger partial charge in [0.2, 0.25) is 0 Å². The maximum atomic E-state index is 7.98. The molecule has 1 aromatic rings. The van der Waals surface area contributed by atoms with Crippen molar-refractivity contribution in [2.45, 2.75) is 13.0 Å². The molecule has 0 spiro atoms. The van der Waals surface area contributed by atoms with Gasteiger partial charge in [0.15, 0.2) is 0 Å². The zero-order valence-electron chi connectivity index (χ0n) is 7.18. The van der Waals surface area contributed by atoms with Crippen molar-refractivity contribution < 1.29 is 4.74 Å². The van der Waals surface area contributed by atoms with E-state index in [1.807, 2.05) is 0 Å². The lowest BCUT2D eigenvalue weighted by molar-refractivity contribution is 0.117. The van der Waals surface area contributed by atoms with E-state index in [0.717, 1.165) is 12.1 Å². The highest BCUT2D eigenvalue weighted by molar-refractivity contribution is 4.91. The lowest BCUT2D eigenvalue weighted by Gasteiger charge is -1.99. The molecular weight excluding hydrogens is 170 g/mol. The molecule has 0 aliphatic carbocycles. The van der Waals surface area contributed by atoms with Crippen molar-refractivity contribution in [1.29, 1.82) is 0 Å². The van der Waals surface area contributed by atoms with Gasteiger partial charge in [0.1, 0.15) is 0 Å². The molecule has 1 aromatic heterocycles. The Kier molecular flexibility index (Phi) is 4.45. The molecule has 0 fully saturated rings. The van der Waals surface area contributed by atoms with Crippen LogP contribution in [-0.2, 0) is 11.3 Å². The van der Waals surface area contributed by atoms with Crippen molar-refractivity contribution in [2.75, 3.05) is 13.2 Å². The largest absolute Gasteiger partial charge is 0.375 e. The van der Waals surface area contributed by atoms with Crippen LogP contribution in [0.15, 0.2) is 17.6 Å². The maximum absolute atomic E-state index is 7.98. The second-order valence-electron chi connectivity index (χ2n) is 2.44. The summed E-state index contributed by atoms with van der Waals surface area (Å²) in [5.74, 6) is 0. The van der Waals surface area contributed by atoms with Crippen molar-refractivity contribution in [3.63, 3.8) is 0 Å². The Bertz CT molecular complexity index is 264. The molecule has 0 aliphatic heterocycles. The average molecular weight is 181 g/mol. The molecule has 0 saturated heterocycles. The van der Waals surface area contributed by atoms with Gasteiger partial charge in [-0.25, -0.2) is 4.98 Å². The molecule has 0 saturated carbocycles. The van der Waals surface area contributed by atoms with Gasteiger partial charge in [0.25, 0.3) is 0 Å². The standard InChI is InChI=1S/C7H11N5O/c8-12-11-2-1-3-13-5-7-4-9-6-10-7/h4,6H,1-3,5H2,(H,9,10). The van der Waals surface area contributed by atoms with Crippen molar-refractivity contribution >= 4 is 0 Å². The van der Waals surface area contributed by atoms with Gasteiger partial charge in [-0.3, -0.25) is 0 Å². The Balaban J connectivity index is 1.99. The van der Waals surface area contributed by atoms with E-state index in [1.54, 1.807) is 12.5 Å². The van der Waals surface area contributed by atoms with Gasteiger partial charge < -0.3 is 9.72 Å². The van der Waals surface area contributed by atoms with Crippen LogP contribution in [0.5, 0.6) is 0 Å². The molecule has 70 valence electrons. The Labute approximate surface area is 75.6 Å². The zero-order valence-corrected chi connectivity index (χ0v) is 7.18. The minimum absolute atomic E-state index is 0.486. The highest BCUT2D eigenvalue weighted by Gasteiger charge is 1.92. The quantitative estimate of drug-likeness (QED) is 0.313. The summed E-state index contributed by atoms with van der Waals surface area (Å²) < 4.78 is 5.27. The van der Waals surface area contributed by atoms with Crippen LogP contribution in [0.25, 0.3) is 10.4 Å². The number of hydrogen-bond acceptors (Lipinski definition) is 3. The average Bonchev–Trinajstić information content (AvgIpc) is 2.63. The molecule has 1 heterocycles. The number of ether oxygens (including phenoxy) is 1. The second kappa shape index (κ2) is 6.05. The molecule has 6 nitrogen and oxygen atoms in total. The first-order valence-corrected chi connectivity index (χ1v) is 3.99. The van der Waals surface area contributed by atoms with Crippen LogP contribution in [0.4, 0.5) is 0 Å². The first kappa shape index (κ1) is 9.57. The highest BCUT2D eigenvalue weighted by atomic mass is 16.5. The van der Waals surface area contributed by atoms with E-state index >= 15 is 0 Å². The topological polar surface area (TPSA) is 86.7 Å². The van der Waals surface area contributed by atoms with Crippen molar-refractivity contribution in [3.05, 3.63) is 28.7 Å². The highest BCUT2D eigenvalue weighted by Crippen LogP contribution is 1.94.